The van der Waals surface area contributed by atoms with Gasteiger partial charge in [-0.25, -0.2) is 0 Å². The molecule has 2 N–H and O–H groups in total. The number of ether oxygens (including phenoxy) is 1. The zero-order chi connectivity index (χ0) is 3.54. The summed E-state index contributed by atoms with van der Waals surface area (Å²) in [6.45, 7) is 2.67. The monoisotopic (exact) mass is 113 g/mol. The first-order chi connectivity index (χ1) is 2.50. The smallest absolute Gasteiger partial charge is 0.870 e. The van der Waals surface area contributed by atoms with E-state index < -0.39 is 0 Å². The molecule has 0 spiro atoms. The summed E-state index contributed by atoms with van der Waals surface area (Å²) in [7, 11) is 0. The Morgan fingerprint density at radius 1 is 1.43 bits per heavy atom. The molecule has 3 nitrogen and oxygen atoms in total. The molecule has 1 heterocycles. The van der Waals surface area contributed by atoms with Crippen LogP contribution in [0.5, 0.6) is 0 Å². The fourth-order valence-electron chi connectivity index (χ4n) is 0.361. The molecular formula is C3H8NNaO2. The fraction of sp³-hybridized carbons (Fsp3) is 1.00. The maximum Gasteiger partial charge on any atom is 1.00 e. The van der Waals surface area contributed by atoms with Gasteiger partial charge in [0.15, 0.2) is 0 Å². The Kier molecular flexibility index (Phi) is 10.6. The molecule has 0 aliphatic carbocycles. The standard InChI is InChI=1S/C3H7NO.Na.H2O/c1-2-5-3-4-1;;/h4H,1-3H2;;1H2/q;+1;/p-1. The van der Waals surface area contributed by atoms with Crippen molar-refractivity contribution in [3.63, 3.8) is 0 Å². The molecule has 4 heteroatoms. The molecule has 0 unspecified atom stereocenters. The second-order valence-electron chi connectivity index (χ2n) is 1.05. The topological polar surface area (TPSA) is 51.3 Å². The van der Waals surface area contributed by atoms with Crippen molar-refractivity contribution in [1.82, 2.24) is 5.32 Å². The molecule has 7 heavy (non-hydrogen) atoms. The molecule has 0 aromatic rings. The largest absolute Gasteiger partial charge is 1.00 e. The molecule has 0 saturated carbocycles. The first-order valence-corrected chi connectivity index (χ1v) is 1.78. The minimum absolute atomic E-state index is 0. The molecule has 38 valence electrons. The first kappa shape index (κ1) is 10.8. The first-order valence-electron chi connectivity index (χ1n) is 1.78. The Labute approximate surface area is 65.0 Å². The molecule has 0 aromatic heterocycles. The fourth-order valence-corrected chi connectivity index (χ4v) is 0.361. The summed E-state index contributed by atoms with van der Waals surface area (Å²) >= 11 is 0. The normalized spacial score (nSPS) is 17.1. The number of hydrogen-bond donors (Lipinski definition) is 1. The van der Waals surface area contributed by atoms with E-state index in [2.05, 4.69) is 5.32 Å². The van der Waals surface area contributed by atoms with Crippen LogP contribution < -0.4 is 34.9 Å². The van der Waals surface area contributed by atoms with Gasteiger partial charge in [-0.05, 0) is 0 Å². The van der Waals surface area contributed by atoms with Crippen molar-refractivity contribution in [2.75, 3.05) is 19.9 Å². The van der Waals surface area contributed by atoms with E-state index in [1.54, 1.807) is 0 Å². The van der Waals surface area contributed by atoms with Crippen molar-refractivity contribution < 1.29 is 39.8 Å². The Morgan fingerprint density at radius 2 is 2.14 bits per heavy atom. The summed E-state index contributed by atoms with van der Waals surface area (Å²) in [5.41, 5.74) is 0. The minimum atomic E-state index is 0. The van der Waals surface area contributed by atoms with Crippen LogP contribution in [-0.2, 0) is 4.74 Å². The minimum Gasteiger partial charge on any atom is -0.870 e. The molecule has 1 saturated heterocycles. The van der Waals surface area contributed by atoms with E-state index >= 15 is 0 Å². The zero-order valence-electron chi connectivity index (χ0n) is 4.48. The Bertz CT molecular complexity index is 24.5. The number of hydrogen-bond acceptors (Lipinski definition) is 3. The van der Waals surface area contributed by atoms with Crippen molar-refractivity contribution in [3.8, 4) is 0 Å². The van der Waals surface area contributed by atoms with Crippen LogP contribution in [0.1, 0.15) is 0 Å². The predicted molar refractivity (Wildman–Crippen MR) is 20.8 cm³/mol. The van der Waals surface area contributed by atoms with Crippen LogP contribution in [0.2, 0.25) is 0 Å². The summed E-state index contributed by atoms with van der Waals surface area (Å²) < 4.78 is 4.83. The van der Waals surface area contributed by atoms with Gasteiger partial charge in [-0.2, -0.15) is 0 Å². The Morgan fingerprint density at radius 3 is 2.29 bits per heavy atom. The predicted octanol–water partition coefficient (Wildman–Crippen LogP) is -3.61. The summed E-state index contributed by atoms with van der Waals surface area (Å²) in [6.07, 6.45) is 0. The maximum absolute atomic E-state index is 4.83. The molecule has 0 bridgehead atoms. The summed E-state index contributed by atoms with van der Waals surface area (Å²) in [4.78, 5) is 0. The van der Waals surface area contributed by atoms with Gasteiger partial charge in [-0.3, -0.25) is 5.32 Å². The van der Waals surface area contributed by atoms with Crippen molar-refractivity contribution in [1.29, 1.82) is 0 Å². The number of rotatable bonds is 0. The van der Waals surface area contributed by atoms with E-state index in [1.807, 2.05) is 0 Å². The van der Waals surface area contributed by atoms with Crippen LogP contribution in [0.25, 0.3) is 0 Å². The average Bonchev–Trinajstić information content (AvgIpc) is 1.76. The van der Waals surface area contributed by atoms with Gasteiger partial charge in [-0.1, -0.05) is 0 Å². The van der Waals surface area contributed by atoms with Crippen LogP contribution >= 0.6 is 0 Å². The van der Waals surface area contributed by atoms with Crippen molar-refractivity contribution in [2.45, 2.75) is 0 Å². The van der Waals surface area contributed by atoms with E-state index in [0.29, 0.717) is 0 Å². The van der Waals surface area contributed by atoms with Gasteiger partial charge in [0.1, 0.15) is 0 Å². The third-order valence-electron chi connectivity index (χ3n) is 0.627. The van der Waals surface area contributed by atoms with Gasteiger partial charge in [0.2, 0.25) is 0 Å². The van der Waals surface area contributed by atoms with E-state index in [-0.39, 0.29) is 35.0 Å². The van der Waals surface area contributed by atoms with Gasteiger partial charge in [0.05, 0.1) is 13.3 Å². The quantitative estimate of drug-likeness (QED) is 0.330. The SMILES string of the molecule is C1COCN1.[Na+].[OH-]. The van der Waals surface area contributed by atoms with E-state index in [0.717, 1.165) is 19.9 Å². The van der Waals surface area contributed by atoms with Crippen LogP contribution in [-0.4, -0.2) is 25.4 Å². The van der Waals surface area contributed by atoms with Crippen LogP contribution in [0, 0.1) is 0 Å². The molecule has 0 atom stereocenters. The Hall–Kier alpha value is 0.880. The van der Waals surface area contributed by atoms with Gasteiger partial charge in [0.25, 0.3) is 0 Å². The Balaban J connectivity index is 0. The summed E-state index contributed by atoms with van der Waals surface area (Å²) in [6, 6.07) is 0. The molecule has 0 amide bonds. The van der Waals surface area contributed by atoms with Crippen LogP contribution in [0.3, 0.4) is 0 Å². The van der Waals surface area contributed by atoms with E-state index in [4.69, 9.17) is 4.74 Å². The number of nitrogens with one attached hydrogen (secondary N) is 1. The molecule has 1 rings (SSSR count). The summed E-state index contributed by atoms with van der Waals surface area (Å²) in [5.74, 6) is 0. The third kappa shape index (κ3) is 4.74. The second-order valence-corrected chi connectivity index (χ2v) is 1.05. The van der Waals surface area contributed by atoms with Crippen molar-refractivity contribution >= 4 is 0 Å². The zero-order valence-corrected chi connectivity index (χ0v) is 6.48. The van der Waals surface area contributed by atoms with E-state index in [9.17, 15) is 0 Å². The molecule has 1 aliphatic rings. The van der Waals surface area contributed by atoms with Crippen molar-refractivity contribution in [3.05, 3.63) is 0 Å². The average molecular weight is 113 g/mol. The van der Waals surface area contributed by atoms with Gasteiger partial charge < -0.3 is 10.2 Å². The van der Waals surface area contributed by atoms with Crippen LogP contribution in [0.4, 0.5) is 0 Å². The molecule has 1 fully saturated rings. The molecular weight excluding hydrogens is 105 g/mol. The van der Waals surface area contributed by atoms with Crippen molar-refractivity contribution in [2.24, 2.45) is 0 Å². The van der Waals surface area contributed by atoms with E-state index in [1.165, 1.54) is 0 Å². The van der Waals surface area contributed by atoms with Crippen LogP contribution in [0.15, 0.2) is 0 Å². The summed E-state index contributed by atoms with van der Waals surface area (Å²) in [5, 5.41) is 3.00. The molecule has 1 aliphatic heterocycles. The van der Waals surface area contributed by atoms with Gasteiger partial charge in [-0.15, -0.1) is 0 Å². The second kappa shape index (κ2) is 6.88. The van der Waals surface area contributed by atoms with Gasteiger partial charge >= 0.3 is 29.6 Å². The molecule has 0 radical (unpaired) electrons. The third-order valence-corrected chi connectivity index (χ3v) is 0.627. The van der Waals surface area contributed by atoms with Gasteiger partial charge in [0, 0.05) is 6.54 Å². The maximum atomic E-state index is 4.83. The molecule has 0 aromatic carbocycles.